The molecule has 0 aliphatic carbocycles. The van der Waals surface area contributed by atoms with Crippen molar-refractivity contribution in [2.45, 2.75) is 6.61 Å². The normalized spacial score (nSPS) is 10.7. The molecule has 2 aromatic rings. The Hall–Kier alpha value is -2.08. The number of nitrogen functional groups attached to an aromatic ring is 1. The number of anilines is 1. The van der Waals surface area contributed by atoms with Gasteiger partial charge in [0, 0.05) is 11.9 Å². The number of aliphatic hydroxyl groups is 1. The Labute approximate surface area is 84.6 Å². The van der Waals surface area contributed by atoms with E-state index in [0.717, 1.165) is 0 Å². The van der Waals surface area contributed by atoms with Gasteiger partial charge in [-0.3, -0.25) is 4.40 Å². The number of carboxylic acids is 1. The molecule has 6 nitrogen and oxygen atoms in total. The Kier molecular flexibility index (Phi) is 2.05. The molecule has 0 atom stereocenters. The fourth-order valence-electron chi connectivity index (χ4n) is 1.43. The number of nitrogens with zero attached hydrogens (tertiary/aromatic N) is 2. The second kappa shape index (κ2) is 3.25. The van der Waals surface area contributed by atoms with E-state index in [4.69, 9.17) is 15.9 Å². The van der Waals surface area contributed by atoms with Gasteiger partial charge in [-0.2, -0.15) is 0 Å². The summed E-state index contributed by atoms with van der Waals surface area (Å²) in [6, 6.07) is 3.15. The van der Waals surface area contributed by atoms with Crippen molar-refractivity contribution < 1.29 is 15.0 Å². The third-order valence-electron chi connectivity index (χ3n) is 2.08. The highest BCUT2D eigenvalue weighted by Gasteiger charge is 2.15. The predicted octanol–water partition coefficient (Wildman–Crippen LogP) is 0.107. The number of imidazole rings is 1. The van der Waals surface area contributed by atoms with Crippen molar-refractivity contribution in [1.82, 2.24) is 9.38 Å². The van der Waals surface area contributed by atoms with Crippen LogP contribution in [-0.4, -0.2) is 25.6 Å². The van der Waals surface area contributed by atoms with Crippen LogP contribution in [0.1, 0.15) is 16.3 Å². The molecule has 6 heteroatoms. The van der Waals surface area contributed by atoms with Gasteiger partial charge in [-0.15, -0.1) is 0 Å². The number of pyridine rings is 1. The Bertz CT molecular complexity index is 533. The first-order valence-corrected chi connectivity index (χ1v) is 4.24. The Balaban J connectivity index is 2.81. The van der Waals surface area contributed by atoms with Gasteiger partial charge in [-0.1, -0.05) is 0 Å². The van der Waals surface area contributed by atoms with E-state index in [-0.39, 0.29) is 18.1 Å². The molecule has 0 aliphatic rings. The van der Waals surface area contributed by atoms with Crippen molar-refractivity contribution in [2.24, 2.45) is 0 Å². The molecule has 0 saturated carbocycles. The predicted molar refractivity (Wildman–Crippen MR) is 52.5 cm³/mol. The minimum absolute atomic E-state index is 0.0842. The quantitative estimate of drug-likeness (QED) is 0.648. The van der Waals surface area contributed by atoms with Gasteiger partial charge < -0.3 is 15.9 Å². The van der Waals surface area contributed by atoms with E-state index in [1.807, 2.05) is 0 Å². The zero-order valence-electron chi connectivity index (χ0n) is 7.71. The lowest BCUT2D eigenvalue weighted by atomic mass is 10.3. The van der Waals surface area contributed by atoms with E-state index < -0.39 is 5.97 Å². The van der Waals surface area contributed by atoms with Gasteiger partial charge in [0.2, 0.25) is 0 Å². The molecular weight excluding hydrogens is 198 g/mol. The summed E-state index contributed by atoms with van der Waals surface area (Å²) in [5.41, 5.74) is 6.37. The van der Waals surface area contributed by atoms with Crippen LogP contribution < -0.4 is 5.73 Å². The molecule has 0 unspecified atom stereocenters. The summed E-state index contributed by atoms with van der Waals surface area (Å²) in [5, 5.41) is 17.9. The van der Waals surface area contributed by atoms with Gasteiger partial charge in [-0.25, -0.2) is 9.78 Å². The first kappa shape index (κ1) is 9.47. The van der Waals surface area contributed by atoms with E-state index in [1.54, 1.807) is 12.1 Å². The fourth-order valence-corrected chi connectivity index (χ4v) is 1.43. The van der Waals surface area contributed by atoms with E-state index in [2.05, 4.69) is 4.98 Å². The summed E-state index contributed by atoms with van der Waals surface area (Å²) in [6.07, 6.45) is 1.53. The van der Waals surface area contributed by atoms with Crippen LogP contribution in [-0.2, 0) is 6.61 Å². The van der Waals surface area contributed by atoms with Crippen molar-refractivity contribution in [3.8, 4) is 0 Å². The maximum atomic E-state index is 10.8. The Morgan fingerprint density at radius 2 is 2.27 bits per heavy atom. The molecule has 2 aromatic heterocycles. The number of aliphatic hydroxyl groups excluding tert-OH is 1. The van der Waals surface area contributed by atoms with Gasteiger partial charge in [-0.05, 0) is 12.1 Å². The van der Waals surface area contributed by atoms with E-state index in [0.29, 0.717) is 11.2 Å². The maximum Gasteiger partial charge on any atom is 0.356 e. The summed E-state index contributed by atoms with van der Waals surface area (Å²) in [5.74, 6) is -0.869. The van der Waals surface area contributed by atoms with Crippen LogP contribution in [0.2, 0.25) is 0 Å². The first-order valence-electron chi connectivity index (χ1n) is 4.24. The molecule has 0 amide bonds. The van der Waals surface area contributed by atoms with Crippen molar-refractivity contribution in [3.05, 3.63) is 29.8 Å². The van der Waals surface area contributed by atoms with Crippen LogP contribution in [0.3, 0.4) is 0 Å². The largest absolute Gasteiger partial charge is 0.476 e. The van der Waals surface area contributed by atoms with E-state index in [1.165, 1.54) is 10.6 Å². The number of carboxylic acid groups (broad SMARTS) is 1. The Morgan fingerprint density at radius 3 is 2.87 bits per heavy atom. The third-order valence-corrected chi connectivity index (χ3v) is 2.08. The molecule has 0 aliphatic heterocycles. The Morgan fingerprint density at radius 1 is 1.53 bits per heavy atom. The van der Waals surface area contributed by atoms with E-state index >= 15 is 0 Å². The SMILES string of the molecule is Nc1ccc2c(C(=O)O)nc(CO)n2c1. The number of fused-ring (bicyclic) bond motifs is 1. The lowest BCUT2D eigenvalue weighted by molar-refractivity contribution is 0.0693. The number of hydrogen-bond donors (Lipinski definition) is 3. The molecule has 0 bridgehead atoms. The van der Waals surface area contributed by atoms with Gasteiger partial charge in [0.25, 0.3) is 0 Å². The van der Waals surface area contributed by atoms with Gasteiger partial charge in [0.15, 0.2) is 5.69 Å². The molecule has 0 fully saturated rings. The average molecular weight is 207 g/mol. The van der Waals surface area contributed by atoms with Gasteiger partial charge in [0.1, 0.15) is 12.4 Å². The molecule has 4 N–H and O–H groups in total. The fraction of sp³-hybridized carbons (Fsp3) is 0.111. The van der Waals surface area contributed by atoms with Crippen LogP contribution in [0.4, 0.5) is 5.69 Å². The number of aromatic nitrogens is 2. The second-order valence-electron chi connectivity index (χ2n) is 3.06. The van der Waals surface area contributed by atoms with Crippen LogP contribution in [0, 0.1) is 0 Å². The van der Waals surface area contributed by atoms with Gasteiger partial charge >= 0.3 is 5.97 Å². The molecule has 0 saturated heterocycles. The zero-order valence-corrected chi connectivity index (χ0v) is 7.71. The van der Waals surface area contributed by atoms with E-state index in [9.17, 15) is 4.79 Å². The molecule has 15 heavy (non-hydrogen) atoms. The minimum atomic E-state index is -1.13. The van der Waals surface area contributed by atoms with Crippen LogP contribution >= 0.6 is 0 Å². The van der Waals surface area contributed by atoms with Crippen molar-refractivity contribution in [1.29, 1.82) is 0 Å². The highest BCUT2D eigenvalue weighted by atomic mass is 16.4. The van der Waals surface area contributed by atoms with Crippen molar-refractivity contribution in [3.63, 3.8) is 0 Å². The van der Waals surface area contributed by atoms with Crippen LogP contribution in [0.5, 0.6) is 0 Å². The number of hydrogen-bond acceptors (Lipinski definition) is 4. The molecule has 0 spiro atoms. The number of nitrogens with two attached hydrogens (primary N) is 1. The minimum Gasteiger partial charge on any atom is -0.476 e. The monoisotopic (exact) mass is 207 g/mol. The molecular formula is C9H9N3O3. The van der Waals surface area contributed by atoms with Gasteiger partial charge in [0.05, 0.1) is 5.52 Å². The summed E-state index contributed by atoms with van der Waals surface area (Å²) >= 11 is 0. The maximum absolute atomic E-state index is 10.8. The number of carbonyl (C=O) groups is 1. The highest BCUT2D eigenvalue weighted by Crippen LogP contribution is 2.15. The standard InChI is InChI=1S/C9H9N3O3/c10-5-1-2-6-8(9(14)15)11-7(4-13)12(6)3-5/h1-3,13H,4,10H2,(H,14,15). The smallest absolute Gasteiger partial charge is 0.356 e. The summed E-state index contributed by atoms with van der Waals surface area (Å²) in [4.78, 5) is 14.6. The molecule has 0 aromatic carbocycles. The summed E-state index contributed by atoms with van der Waals surface area (Å²) in [7, 11) is 0. The second-order valence-corrected chi connectivity index (χ2v) is 3.06. The molecule has 2 heterocycles. The zero-order chi connectivity index (χ0) is 11.0. The summed E-state index contributed by atoms with van der Waals surface area (Å²) < 4.78 is 1.47. The number of aromatic carboxylic acids is 1. The van der Waals surface area contributed by atoms with Crippen molar-refractivity contribution >= 4 is 17.2 Å². The number of rotatable bonds is 2. The highest BCUT2D eigenvalue weighted by molar-refractivity contribution is 5.93. The van der Waals surface area contributed by atoms with Crippen molar-refractivity contribution in [2.75, 3.05) is 5.73 Å². The molecule has 2 rings (SSSR count). The average Bonchev–Trinajstić information content (AvgIpc) is 2.55. The topological polar surface area (TPSA) is 101 Å². The lowest BCUT2D eigenvalue weighted by Gasteiger charge is -1.98. The van der Waals surface area contributed by atoms with Crippen LogP contribution in [0.15, 0.2) is 18.3 Å². The lowest BCUT2D eigenvalue weighted by Crippen LogP contribution is -1.97. The first-order chi connectivity index (χ1) is 7.13. The van der Waals surface area contributed by atoms with Crippen LogP contribution in [0.25, 0.3) is 5.52 Å². The summed E-state index contributed by atoms with van der Waals surface area (Å²) in [6.45, 7) is -0.335. The molecule has 0 radical (unpaired) electrons. The third kappa shape index (κ3) is 1.40. The molecule has 78 valence electrons.